The van der Waals surface area contributed by atoms with Gasteiger partial charge in [-0.1, -0.05) is 5.21 Å². The van der Waals surface area contributed by atoms with Crippen molar-refractivity contribution >= 4 is 11.9 Å². The predicted molar refractivity (Wildman–Crippen MR) is 69.0 cm³/mol. The van der Waals surface area contributed by atoms with Crippen LogP contribution in [0.15, 0.2) is 6.20 Å². The molecule has 8 heteroatoms. The molecule has 1 aromatic rings. The van der Waals surface area contributed by atoms with Crippen molar-refractivity contribution in [1.82, 2.24) is 25.6 Å². The van der Waals surface area contributed by atoms with Gasteiger partial charge >= 0.3 is 6.03 Å². The Morgan fingerprint density at radius 2 is 2.11 bits per heavy atom. The summed E-state index contributed by atoms with van der Waals surface area (Å²) in [5.41, 5.74) is 5.81. The van der Waals surface area contributed by atoms with Crippen molar-refractivity contribution in [1.29, 1.82) is 0 Å². The normalized spacial score (nSPS) is 11.5. The Bertz CT molecular complexity index is 460. The van der Waals surface area contributed by atoms with E-state index in [2.05, 4.69) is 20.9 Å². The van der Waals surface area contributed by atoms with Gasteiger partial charge in [-0.25, -0.2) is 9.48 Å². The summed E-state index contributed by atoms with van der Waals surface area (Å²) in [6, 6.07) is -0.566. The lowest BCUT2D eigenvalue weighted by molar-refractivity contribution is -0.120. The van der Waals surface area contributed by atoms with Crippen molar-refractivity contribution < 1.29 is 9.59 Å². The fraction of sp³-hybridized carbons (Fsp3) is 0.636. The smallest absolute Gasteiger partial charge is 0.321 e. The van der Waals surface area contributed by atoms with Gasteiger partial charge in [-0.2, -0.15) is 0 Å². The van der Waals surface area contributed by atoms with E-state index in [4.69, 9.17) is 5.73 Å². The van der Waals surface area contributed by atoms with Gasteiger partial charge in [0.1, 0.15) is 12.2 Å². The number of amides is 3. The van der Waals surface area contributed by atoms with E-state index in [1.54, 1.807) is 33.9 Å². The Hall–Kier alpha value is -1.96. The molecule has 0 bridgehead atoms. The number of aromatic nitrogens is 3. The molecule has 1 rings (SSSR count). The van der Waals surface area contributed by atoms with Gasteiger partial charge in [-0.3, -0.25) is 10.1 Å². The third-order valence-corrected chi connectivity index (χ3v) is 2.18. The molecular weight excluding hydrogens is 248 g/mol. The number of carbonyl (C=O) groups is 2. The van der Waals surface area contributed by atoms with Gasteiger partial charge in [0.15, 0.2) is 0 Å². The largest absolute Gasteiger partial charge is 0.336 e. The second-order valence-corrected chi connectivity index (χ2v) is 5.20. The summed E-state index contributed by atoms with van der Waals surface area (Å²) in [7, 11) is 0. The van der Waals surface area contributed by atoms with E-state index >= 15 is 0 Å². The maximum Gasteiger partial charge on any atom is 0.321 e. The quantitative estimate of drug-likeness (QED) is 0.694. The van der Waals surface area contributed by atoms with Crippen LogP contribution in [-0.2, 0) is 16.9 Å². The van der Waals surface area contributed by atoms with E-state index in [0.717, 1.165) is 0 Å². The first-order valence-electron chi connectivity index (χ1n) is 5.98. The molecule has 0 unspecified atom stereocenters. The highest BCUT2D eigenvalue weighted by Crippen LogP contribution is 2.12. The Kier molecular flexibility index (Phi) is 4.60. The van der Waals surface area contributed by atoms with Crippen LogP contribution in [0.25, 0.3) is 0 Å². The van der Waals surface area contributed by atoms with E-state index in [1.165, 1.54) is 4.68 Å². The van der Waals surface area contributed by atoms with E-state index in [0.29, 0.717) is 5.69 Å². The SMILES string of the molecule is CC(C)NC(=O)NC(=O)Cn1cc(C(C)(C)N)nn1. The predicted octanol–water partition coefficient (Wildman–Crippen LogP) is -0.294. The molecule has 0 fully saturated rings. The Morgan fingerprint density at radius 3 is 2.58 bits per heavy atom. The topological polar surface area (TPSA) is 115 Å². The van der Waals surface area contributed by atoms with Gasteiger partial charge in [-0.15, -0.1) is 5.10 Å². The maximum atomic E-state index is 11.6. The van der Waals surface area contributed by atoms with Crippen molar-refractivity contribution in [3.8, 4) is 0 Å². The van der Waals surface area contributed by atoms with Crippen molar-refractivity contribution in [2.75, 3.05) is 0 Å². The number of nitrogens with one attached hydrogen (secondary N) is 2. The molecule has 0 saturated carbocycles. The fourth-order valence-corrected chi connectivity index (χ4v) is 1.28. The van der Waals surface area contributed by atoms with Gasteiger partial charge in [-0.05, 0) is 27.7 Å². The Labute approximate surface area is 111 Å². The Balaban J connectivity index is 2.53. The minimum absolute atomic E-state index is 0.0381. The molecule has 1 heterocycles. The summed E-state index contributed by atoms with van der Waals surface area (Å²) in [5, 5.41) is 12.4. The number of hydrogen-bond donors (Lipinski definition) is 3. The summed E-state index contributed by atoms with van der Waals surface area (Å²) in [5.74, 6) is -0.468. The summed E-state index contributed by atoms with van der Waals surface area (Å²) in [4.78, 5) is 22.9. The first kappa shape index (κ1) is 15.1. The molecule has 0 saturated heterocycles. The van der Waals surface area contributed by atoms with E-state index in [1.807, 2.05) is 0 Å². The lowest BCUT2D eigenvalue weighted by atomic mass is 10.0. The molecule has 106 valence electrons. The molecule has 0 aliphatic heterocycles. The third kappa shape index (κ3) is 5.04. The van der Waals surface area contributed by atoms with Crippen molar-refractivity contribution in [2.24, 2.45) is 5.73 Å². The highest BCUT2D eigenvalue weighted by Gasteiger charge is 2.19. The number of carbonyl (C=O) groups excluding carboxylic acids is 2. The van der Waals surface area contributed by atoms with Crippen LogP contribution >= 0.6 is 0 Å². The number of nitrogens with two attached hydrogens (primary N) is 1. The molecule has 0 aliphatic rings. The highest BCUT2D eigenvalue weighted by atomic mass is 16.2. The second kappa shape index (κ2) is 5.79. The van der Waals surface area contributed by atoms with Crippen LogP contribution in [0.1, 0.15) is 33.4 Å². The molecule has 0 aromatic carbocycles. The average Bonchev–Trinajstić information content (AvgIpc) is 2.63. The molecule has 0 aliphatic carbocycles. The van der Waals surface area contributed by atoms with Crippen molar-refractivity contribution in [2.45, 2.75) is 45.8 Å². The lowest BCUT2D eigenvalue weighted by Crippen LogP contribution is -2.43. The molecule has 8 nitrogen and oxygen atoms in total. The molecule has 1 aromatic heterocycles. The van der Waals surface area contributed by atoms with Crippen LogP contribution in [0.3, 0.4) is 0 Å². The van der Waals surface area contributed by atoms with Crippen molar-refractivity contribution in [3.05, 3.63) is 11.9 Å². The van der Waals surface area contributed by atoms with Crippen LogP contribution in [0.4, 0.5) is 4.79 Å². The third-order valence-electron chi connectivity index (χ3n) is 2.18. The number of imide groups is 1. The number of urea groups is 1. The molecule has 0 atom stereocenters. The molecule has 19 heavy (non-hydrogen) atoms. The minimum atomic E-state index is -0.621. The van der Waals surface area contributed by atoms with Crippen LogP contribution in [0.5, 0.6) is 0 Å². The summed E-state index contributed by atoms with van der Waals surface area (Å²) in [6.07, 6.45) is 1.58. The first-order valence-corrected chi connectivity index (χ1v) is 5.98. The van der Waals surface area contributed by atoms with Crippen LogP contribution in [0, 0.1) is 0 Å². The molecule has 3 amide bonds. The van der Waals surface area contributed by atoms with Gasteiger partial charge in [0.2, 0.25) is 5.91 Å². The second-order valence-electron chi connectivity index (χ2n) is 5.20. The minimum Gasteiger partial charge on any atom is -0.336 e. The average molecular weight is 268 g/mol. The zero-order chi connectivity index (χ0) is 14.6. The monoisotopic (exact) mass is 268 g/mol. The maximum absolute atomic E-state index is 11.6. The van der Waals surface area contributed by atoms with Crippen molar-refractivity contribution in [3.63, 3.8) is 0 Å². The number of hydrogen-bond acceptors (Lipinski definition) is 5. The number of nitrogens with zero attached hydrogens (tertiary/aromatic N) is 3. The number of rotatable bonds is 4. The zero-order valence-corrected chi connectivity index (χ0v) is 11.6. The fourth-order valence-electron chi connectivity index (χ4n) is 1.28. The molecule has 0 radical (unpaired) electrons. The van der Waals surface area contributed by atoms with Crippen LogP contribution < -0.4 is 16.4 Å². The highest BCUT2D eigenvalue weighted by molar-refractivity contribution is 5.94. The van der Waals surface area contributed by atoms with E-state index < -0.39 is 17.5 Å². The van der Waals surface area contributed by atoms with Crippen LogP contribution in [-0.4, -0.2) is 33.0 Å². The molecule has 4 N–H and O–H groups in total. The van der Waals surface area contributed by atoms with Gasteiger partial charge in [0, 0.05) is 6.04 Å². The van der Waals surface area contributed by atoms with E-state index in [9.17, 15) is 9.59 Å². The summed E-state index contributed by atoms with van der Waals surface area (Å²) in [6.45, 7) is 7.10. The van der Waals surface area contributed by atoms with Gasteiger partial charge in [0.25, 0.3) is 0 Å². The Morgan fingerprint density at radius 1 is 1.47 bits per heavy atom. The van der Waals surface area contributed by atoms with Gasteiger partial charge < -0.3 is 11.1 Å². The van der Waals surface area contributed by atoms with Gasteiger partial charge in [0.05, 0.1) is 11.7 Å². The summed E-state index contributed by atoms with van der Waals surface area (Å²) >= 11 is 0. The molecular formula is C11H20N6O2. The van der Waals surface area contributed by atoms with E-state index in [-0.39, 0.29) is 12.6 Å². The first-order chi connectivity index (χ1) is 8.68. The summed E-state index contributed by atoms with van der Waals surface area (Å²) < 4.78 is 1.34. The lowest BCUT2D eigenvalue weighted by Gasteiger charge is -2.13. The standard InChI is InChI=1S/C11H20N6O2/c1-7(2)13-10(19)14-9(18)6-17-5-8(15-16-17)11(3,4)12/h5,7H,6,12H2,1-4H3,(H2,13,14,18,19). The van der Waals surface area contributed by atoms with Crippen LogP contribution in [0.2, 0.25) is 0 Å². The zero-order valence-electron chi connectivity index (χ0n) is 11.6. The molecule has 0 spiro atoms.